The molecule has 2 N–H and O–H groups in total. The van der Waals surface area contributed by atoms with Crippen molar-refractivity contribution in [2.24, 2.45) is 5.41 Å². The zero-order valence-corrected chi connectivity index (χ0v) is 24.5. The fourth-order valence-corrected chi connectivity index (χ4v) is 5.50. The lowest BCUT2D eigenvalue weighted by Crippen LogP contribution is -2.59. The Morgan fingerprint density at radius 3 is 2.20 bits per heavy atom. The molecule has 3 aromatic carbocycles. The van der Waals surface area contributed by atoms with Gasteiger partial charge in [0.25, 0.3) is 0 Å². The van der Waals surface area contributed by atoms with E-state index in [9.17, 15) is 19.5 Å². The summed E-state index contributed by atoms with van der Waals surface area (Å²) in [5.74, 6) is -0.521. The molecule has 1 atom stereocenters. The lowest BCUT2D eigenvalue weighted by molar-refractivity contribution is -0.140. The van der Waals surface area contributed by atoms with Gasteiger partial charge in [-0.05, 0) is 36.8 Å². The van der Waals surface area contributed by atoms with Gasteiger partial charge in [-0.1, -0.05) is 47.0 Å². The largest absolute Gasteiger partial charge is 0.497 e. The molecule has 0 spiro atoms. The van der Waals surface area contributed by atoms with E-state index in [1.165, 1.54) is 24.0 Å². The van der Waals surface area contributed by atoms with E-state index in [1.807, 2.05) is 19.1 Å². The Kier molecular flexibility index (Phi) is 9.30. The van der Waals surface area contributed by atoms with Crippen molar-refractivity contribution in [1.29, 1.82) is 0 Å². The van der Waals surface area contributed by atoms with Gasteiger partial charge in [0.2, 0.25) is 5.91 Å². The number of methoxy groups -OCH3 is 2. The van der Waals surface area contributed by atoms with Gasteiger partial charge in [-0.2, -0.15) is 0 Å². The van der Waals surface area contributed by atoms with Crippen LogP contribution in [-0.2, 0) is 16.1 Å². The summed E-state index contributed by atoms with van der Waals surface area (Å²) >= 11 is 12.5. The predicted octanol–water partition coefficient (Wildman–Crippen LogP) is 6.25. The lowest BCUT2D eigenvalue weighted by atomic mass is 9.78. The molecular weight excluding hydrogens is 569 g/mol. The summed E-state index contributed by atoms with van der Waals surface area (Å²) in [6.07, 6.45) is -0.512. The molecule has 1 fully saturated rings. The number of amides is 3. The van der Waals surface area contributed by atoms with Crippen molar-refractivity contribution in [2.45, 2.75) is 26.3 Å². The van der Waals surface area contributed by atoms with Crippen LogP contribution in [-0.4, -0.2) is 55.2 Å². The molecule has 1 saturated heterocycles. The van der Waals surface area contributed by atoms with Gasteiger partial charge in [0.15, 0.2) is 0 Å². The molecular formula is C30H31Cl2N3O6. The van der Waals surface area contributed by atoms with Gasteiger partial charge in [-0.3, -0.25) is 14.5 Å². The molecule has 216 valence electrons. The number of carbonyl (C=O) groups excluding carboxylic acids is 2. The van der Waals surface area contributed by atoms with Crippen LogP contribution in [0.5, 0.6) is 11.5 Å². The Balaban J connectivity index is 1.70. The number of ether oxygens (including phenoxy) is 2. The Hall–Kier alpha value is -3.95. The summed E-state index contributed by atoms with van der Waals surface area (Å²) in [7, 11) is 3.00. The zero-order valence-electron chi connectivity index (χ0n) is 22.9. The number of hydrogen-bond donors (Lipinski definition) is 2. The van der Waals surface area contributed by atoms with E-state index in [1.54, 1.807) is 48.5 Å². The van der Waals surface area contributed by atoms with Crippen LogP contribution in [0, 0.1) is 12.3 Å². The van der Waals surface area contributed by atoms with Gasteiger partial charge < -0.3 is 24.8 Å². The van der Waals surface area contributed by atoms with E-state index in [0.717, 1.165) is 5.56 Å². The van der Waals surface area contributed by atoms with Crippen molar-refractivity contribution in [1.82, 2.24) is 4.90 Å². The number of nitrogens with zero attached hydrogens (tertiary/aromatic N) is 2. The van der Waals surface area contributed by atoms with Gasteiger partial charge in [-0.25, -0.2) is 4.79 Å². The number of nitrogens with one attached hydrogen (secondary N) is 1. The molecule has 0 bridgehead atoms. The lowest BCUT2D eigenvalue weighted by Gasteiger charge is -2.47. The van der Waals surface area contributed by atoms with Crippen molar-refractivity contribution in [3.05, 3.63) is 81.8 Å². The van der Waals surface area contributed by atoms with E-state index in [4.69, 9.17) is 32.7 Å². The molecule has 11 heteroatoms. The second-order valence-electron chi connectivity index (χ2n) is 10.2. The van der Waals surface area contributed by atoms with Crippen molar-refractivity contribution in [3.8, 4) is 11.5 Å². The van der Waals surface area contributed by atoms with Crippen LogP contribution in [0.25, 0.3) is 0 Å². The van der Waals surface area contributed by atoms with Gasteiger partial charge in [-0.15, -0.1) is 0 Å². The maximum atomic E-state index is 13.8. The molecule has 1 aliphatic rings. The number of carboxylic acid groups (broad SMARTS) is 1. The van der Waals surface area contributed by atoms with Crippen LogP contribution in [0.2, 0.25) is 10.0 Å². The maximum absolute atomic E-state index is 13.8. The molecule has 0 aromatic heterocycles. The number of halogens is 2. The number of aryl methyl sites for hydroxylation is 1. The third-order valence-electron chi connectivity index (χ3n) is 6.94. The summed E-state index contributed by atoms with van der Waals surface area (Å²) in [5.41, 5.74) is 1.56. The highest BCUT2D eigenvalue weighted by molar-refractivity contribution is 6.35. The number of urea groups is 1. The Labute approximate surface area is 248 Å². The Bertz CT molecular complexity index is 1430. The smallest absolute Gasteiger partial charge is 0.324 e. The summed E-state index contributed by atoms with van der Waals surface area (Å²) in [6.45, 7) is 2.09. The number of carboxylic acids is 1. The highest BCUT2D eigenvalue weighted by Gasteiger charge is 2.46. The molecule has 0 saturated carbocycles. The summed E-state index contributed by atoms with van der Waals surface area (Å²) in [5, 5.41) is 13.6. The van der Waals surface area contributed by atoms with Gasteiger partial charge in [0, 0.05) is 71.1 Å². The normalized spacial score (nSPS) is 16.9. The average molecular weight is 600 g/mol. The van der Waals surface area contributed by atoms with Crippen LogP contribution in [0.15, 0.2) is 60.7 Å². The van der Waals surface area contributed by atoms with E-state index in [0.29, 0.717) is 38.5 Å². The molecule has 3 aromatic rings. The average Bonchev–Trinajstić information content (AvgIpc) is 2.91. The van der Waals surface area contributed by atoms with E-state index < -0.39 is 17.3 Å². The molecule has 3 amide bonds. The number of aliphatic carboxylic acids is 1. The van der Waals surface area contributed by atoms with Gasteiger partial charge >= 0.3 is 12.0 Å². The second-order valence-corrected chi connectivity index (χ2v) is 11.0. The third-order valence-corrected chi connectivity index (χ3v) is 7.53. The highest BCUT2D eigenvalue weighted by atomic mass is 35.5. The van der Waals surface area contributed by atoms with Crippen LogP contribution in [0.4, 0.5) is 16.2 Å². The molecule has 4 rings (SSSR count). The monoisotopic (exact) mass is 599 g/mol. The molecule has 1 unspecified atom stereocenters. The highest BCUT2D eigenvalue weighted by Crippen LogP contribution is 2.38. The minimum atomic E-state index is -1.13. The predicted molar refractivity (Wildman–Crippen MR) is 158 cm³/mol. The summed E-state index contributed by atoms with van der Waals surface area (Å²) < 4.78 is 10.6. The fourth-order valence-electron chi connectivity index (χ4n) is 5.03. The number of rotatable bonds is 10. The van der Waals surface area contributed by atoms with Crippen LogP contribution < -0.4 is 19.7 Å². The number of carbonyl (C=O) groups is 3. The molecule has 9 nitrogen and oxygen atoms in total. The SMILES string of the molecule is COc1cc(NC(=O)CC2(CC(=O)O)CN(Cc3ccc(Cl)cc3Cl)C(=O)N(c3ccc(C)cc3)C2)cc(OC)c1. The van der Waals surface area contributed by atoms with Gasteiger partial charge in [0.05, 0.1) is 20.6 Å². The quantitative estimate of drug-likeness (QED) is 0.285. The second kappa shape index (κ2) is 12.7. The van der Waals surface area contributed by atoms with Crippen LogP contribution >= 0.6 is 23.2 Å². The minimum Gasteiger partial charge on any atom is -0.497 e. The molecule has 1 aliphatic heterocycles. The number of anilines is 2. The molecule has 0 aliphatic carbocycles. The number of hydrogen-bond acceptors (Lipinski definition) is 5. The van der Waals surface area contributed by atoms with E-state index in [2.05, 4.69) is 5.32 Å². The first-order chi connectivity index (χ1) is 19.5. The van der Waals surface area contributed by atoms with Gasteiger partial charge in [0.1, 0.15) is 11.5 Å². The summed E-state index contributed by atoms with van der Waals surface area (Å²) in [6, 6.07) is 17.0. The fraction of sp³-hybridized carbons (Fsp3) is 0.300. The van der Waals surface area contributed by atoms with Crippen LogP contribution in [0.1, 0.15) is 24.0 Å². The van der Waals surface area contributed by atoms with Crippen molar-refractivity contribution in [3.63, 3.8) is 0 Å². The standard InChI is InChI=1S/C30H31Cl2N3O6/c1-19-4-8-23(9-5-19)35-18-30(15-28(37)38,14-27(36)33-22-11-24(40-2)13-25(12-22)41-3)17-34(29(35)39)16-20-6-7-21(31)10-26(20)32/h4-13H,14-18H2,1-3H3,(H,33,36)(H,37,38). The van der Waals surface area contributed by atoms with E-state index >= 15 is 0 Å². The first kappa shape index (κ1) is 30.0. The number of benzene rings is 3. The van der Waals surface area contributed by atoms with Crippen molar-refractivity contribution >= 4 is 52.5 Å². The Morgan fingerprint density at radius 1 is 0.951 bits per heavy atom. The Morgan fingerprint density at radius 2 is 1.61 bits per heavy atom. The molecule has 1 heterocycles. The minimum absolute atomic E-state index is 0.0221. The van der Waals surface area contributed by atoms with Crippen molar-refractivity contribution < 1.29 is 29.0 Å². The van der Waals surface area contributed by atoms with Crippen LogP contribution in [0.3, 0.4) is 0 Å². The first-order valence-electron chi connectivity index (χ1n) is 12.8. The maximum Gasteiger partial charge on any atom is 0.324 e. The summed E-state index contributed by atoms with van der Waals surface area (Å²) in [4.78, 5) is 42.5. The third kappa shape index (κ3) is 7.42. The van der Waals surface area contributed by atoms with E-state index in [-0.39, 0.29) is 38.5 Å². The van der Waals surface area contributed by atoms with Crippen molar-refractivity contribution in [2.75, 3.05) is 37.5 Å². The molecule has 0 radical (unpaired) electrons. The zero-order chi connectivity index (χ0) is 29.7. The first-order valence-corrected chi connectivity index (χ1v) is 13.6. The molecule has 41 heavy (non-hydrogen) atoms. The topological polar surface area (TPSA) is 108 Å².